The highest BCUT2D eigenvalue weighted by Crippen LogP contribution is 2.39. The molecule has 7 nitrogen and oxygen atoms in total. The molecule has 1 amide bonds. The number of aliphatic hydroxyl groups is 1. The maximum Gasteiger partial charge on any atom is 0.248 e. The molecule has 1 unspecified atom stereocenters. The smallest absolute Gasteiger partial charge is 0.248 e. The van der Waals surface area contributed by atoms with Crippen LogP contribution in [0.25, 0.3) is 11.3 Å². The molecule has 0 spiro atoms. The van der Waals surface area contributed by atoms with Crippen LogP contribution in [0.4, 0.5) is 0 Å². The largest absolute Gasteiger partial charge is 0.508 e. The Bertz CT molecular complexity index is 1060. The Morgan fingerprint density at radius 1 is 1.15 bits per heavy atom. The molecule has 3 aromatic rings. The number of nitrogens with zero attached hydrogens (tertiary/aromatic N) is 3. The van der Waals surface area contributed by atoms with Gasteiger partial charge < -0.3 is 25.4 Å². The fourth-order valence-electron chi connectivity index (χ4n) is 4.12. The van der Waals surface area contributed by atoms with Gasteiger partial charge in [0, 0.05) is 24.8 Å². The van der Waals surface area contributed by atoms with Gasteiger partial charge in [0.25, 0.3) is 0 Å². The van der Waals surface area contributed by atoms with Gasteiger partial charge in [-0.15, -0.1) is 0 Å². The van der Waals surface area contributed by atoms with Gasteiger partial charge in [0.15, 0.2) is 0 Å². The first-order valence-electron chi connectivity index (χ1n) is 11.3. The van der Waals surface area contributed by atoms with Crippen molar-refractivity contribution < 1.29 is 15.0 Å². The first-order valence-corrected chi connectivity index (χ1v) is 11.3. The summed E-state index contributed by atoms with van der Waals surface area (Å²) in [6.07, 6.45) is 2.61. The van der Waals surface area contributed by atoms with E-state index < -0.39 is 12.6 Å². The lowest BCUT2D eigenvalue weighted by Crippen LogP contribution is -2.44. The molecule has 0 fully saturated rings. The van der Waals surface area contributed by atoms with Crippen molar-refractivity contribution in [3.8, 4) is 17.0 Å². The maximum absolute atomic E-state index is 12.8. The minimum atomic E-state index is -0.573. The van der Waals surface area contributed by atoms with Gasteiger partial charge in [0.2, 0.25) is 5.91 Å². The Labute approximate surface area is 195 Å². The maximum atomic E-state index is 12.8. The fraction of sp³-hybridized carbons (Fsp3) is 0.385. The summed E-state index contributed by atoms with van der Waals surface area (Å²) in [5, 5.41) is 19.7. The van der Waals surface area contributed by atoms with E-state index in [2.05, 4.69) is 20.8 Å². The van der Waals surface area contributed by atoms with Gasteiger partial charge in [-0.2, -0.15) is 0 Å². The van der Waals surface area contributed by atoms with Gasteiger partial charge >= 0.3 is 0 Å². The number of hydrogen-bond donors (Lipinski definition) is 3. The van der Waals surface area contributed by atoms with E-state index in [1.807, 2.05) is 53.2 Å². The zero-order valence-corrected chi connectivity index (χ0v) is 19.6. The number of benzene rings is 2. The number of phenols is 1. The first kappa shape index (κ1) is 24.5. The number of amides is 1. The molecule has 1 heterocycles. The molecule has 0 aliphatic heterocycles. The van der Waals surface area contributed by atoms with Crippen molar-refractivity contribution in [2.24, 2.45) is 11.1 Å². The van der Waals surface area contributed by atoms with Crippen LogP contribution in [0.5, 0.6) is 5.75 Å². The number of aromatic hydroxyl groups is 1. The summed E-state index contributed by atoms with van der Waals surface area (Å²) in [7, 11) is 0. The molecule has 0 radical (unpaired) electrons. The third kappa shape index (κ3) is 6.00. The number of imidazole rings is 1. The number of rotatable bonds is 9. The Balaban J connectivity index is 2.16. The summed E-state index contributed by atoms with van der Waals surface area (Å²) in [5.74, 6) is 0.574. The van der Waals surface area contributed by atoms with Crippen LogP contribution in [0.1, 0.15) is 44.6 Å². The van der Waals surface area contributed by atoms with Crippen LogP contribution in [0.3, 0.4) is 0 Å². The van der Waals surface area contributed by atoms with Crippen LogP contribution in [0.15, 0.2) is 60.8 Å². The van der Waals surface area contributed by atoms with Crippen LogP contribution in [-0.2, 0) is 11.3 Å². The number of phenolic OH excluding ortho intramolecular Hbond substituents is 1. The SMILES string of the molecule is CC(C)(C)C(c1nc(-c2ccccc2)cn1Cc1cccc(O)c1)N(CCCN)C(=O)CO. The first-order chi connectivity index (χ1) is 15.7. The molecule has 1 aromatic heterocycles. The van der Waals surface area contributed by atoms with Crippen molar-refractivity contribution in [1.29, 1.82) is 0 Å². The molecule has 7 heteroatoms. The second-order valence-electron chi connectivity index (χ2n) is 9.30. The molecule has 0 bridgehead atoms. The average Bonchev–Trinajstić information content (AvgIpc) is 3.18. The molecule has 4 N–H and O–H groups in total. The minimum absolute atomic E-state index is 0.199. The van der Waals surface area contributed by atoms with Crippen LogP contribution >= 0.6 is 0 Å². The van der Waals surface area contributed by atoms with E-state index in [9.17, 15) is 15.0 Å². The van der Waals surface area contributed by atoms with Gasteiger partial charge in [0.05, 0.1) is 11.7 Å². The highest BCUT2D eigenvalue weighted by molar-refractivity contribution is 5.77. The molecule has 176 valence electrons. The van der Waals surface area contributed by atoms with Crippen molar-refractivity contribution in [2.75, 3.05) is 19.7 Å². The Hall–Kier alpha value is -3.16. The predicted molar refractivity (Wildman–Crippen MR) is 130 cm³/mol. The molecular formula is C26H34N4O3. The van der Waals surface area contributed by atoms with Gasteiger partial charge in [0.1, 0.15) is 18.2 Å². The number of carbonyl (C=O) groups is 1. The molecule has 33 heavy (non-hydrogen) atoms. The van der Waals surface area contributed by atoms with E-state index in [0.717, 1.165) is 22.6 Å². The second kappa shape index (κ2) is 10.6. The number of carbonyl (C=O) groups excluding carboxylic acids is 1. The third-order valence-electron chi connectivity index (χ3n) is 5.58. The zero-order chi connectivity index (χ0) is 24.0. The highest BCUT2D eigenvalue weighted by atomic mass is 16.3. The lowest BCUT2D eigenvalue weighted by Gasteiger charge is -2.39. The summed E-state index contributed by atoms with van der Waals surface area (Å²) in [6.45, 7) is 6.97. The van der Waals surface area contributed by atoms with Gasteiger partial charge in [-0.1, -0.05) is 63.2 Å². The number of nitrogens with two attached hydrogens (primary N) is 1. The standard InChI is InChI=1S/C26H34N4O3/c1-26(2,3)24(30(14-8-13-27)23(33)18-31)25-28-22(20-10-5-4-6-11-20)17-29(25)16-19-9-7-12-21(32)15-19/h4-7,9-12,15,17,24,31-32H,8,13-14,16,18,27H2,1-3H3. The second-order valence-corrected chi connectivity index (χ2v) is 9.30. The molecule has 0 saturated heterocycles. The van der Waals surface area contributed by atoms with Crippen molar-refractivity contribution >= 4 is 5.91 Å². The quantitative estimate of drug-likeness (QED) is 0.462. The van der Waals surface area contributed by atoms with Crippen molar-refractivity contribution in [3.05, 3.63) is 72.2 Å². The number of aliphatic hydroxyl groups excluding tert-OH is 1. The predicted octanol–water partition coefficient (Wildman–Crippen LogP) is 3.56. The molecule has 0 aliphatic carbocycles. The highest BCUT2D eigenvalue weighted by Gasteiger charge is 2.37. The Kier molecular flexibility index (Phi) is 7.89. The Morgan fingerprint density at radius 3 is 2.48 bits per heavy atom. The van der Waals surface area contributed by atoms with Crippen molar-refractivity contribution in [1.82, 2.24) is 14.5 Å². The molecule has 2 aromatic carbocycles. The van der Waals surface area contributed by atoms with Crippen molar-refractivity contribution in [2.45, 2.75) is 39.8 Å². The summed E-state index contributed by atoms with van der Waals surface area (Å²) in [5.41, 5.74) is 8.08. The Morgan fingerprint density at radius 2 is 1.88 bits per heavy atom. The van der Waals surface area contributed by atoms with Crippen molar-refractivity contribution in [3.63, 3.8) is 0 Å². The van der Waals surface area contributed by atoms with Crippen LogP contribution in [0.2, 0.25) is 0 Å². The fourth-order valence-corrected chi connectivity index (χ4v) is 4.12. The van der Waals surface area contributed by atoms with Gasteiger partial charge in [-0.25, -0.2) is 4.98 Å². The molecule has 1 atom stereocenters. The van der Waals surface area contributed by atoms with Crippen LogP contribution in [-0.4, -0.2) is 50.3 Å². The topological polar surface area (TPSA) is 105 Å². The van der Waals surface area contributed by atoms with E-state index in [-0.39, 0.29) is 17.1 Å². The van der Waals surface area contributed by atoms with Gasteiger partial charge in [-0.05, 0) is 36.1 Å². The molecule has 0 saturated carbocycles. The minimum Gasteiger partial charge on any atom is -0.508 e. The normalized spacial score (nSPS) is 12.5. The van der Waals surface area contributed by atoms with E-state index in [1.165, 1.54) is 0 Å². The summed E-state index contributed by atoms with van der Waals surface area (Å²) in [6, 6.07) is 16.6. The van der Waals surface area contributed by atoms with Gasteiger partial charge in [-0.3, -0.25) is 4.79 Å². The molecule has 0 aliphatic rings. The lowest BCUT2D eigenvalue weighted by atomic mass is 9.84. The zero-order valence-electron chi connectivity index (χ0n) is 19.6. The summed E-state index contributed by atoms with van der Waals surface area (Å²) < 4.78 is 2.03. The van der Waals surface area contributed by atoms with E-state index in [1.54, 1.807) is 17.0 Å². The average molecular weight is 451 g/mol. The lowest BCUT2D eigenvalue weighted by molar-refractivity contribution is -0.139. The molecular weight excluding hydrogens is 416 g/mol. The molecule has 3 rings (SSSR count). The van der Waals surface area contributed by atoms with E-state index in [4.69, 9.17) is 10.7 Å². The van der Waals surface area contributed by atoms with E-state index >= 15 is 0 Å². The third-order valence-corrected chi connectivity index (χ3v) is 5.58. The summed E-state index contributed by atoms with van der Waals surface area (Å²) >= 11 is 0. The number of aromatic nitrogens is 2. The number of hydrogen-bond acceptors (Lipinski definition) is 5. The monoisotopic (exact) mass is 450 g/mol. The van der Waals surface area contributed by atoms with E-state index in [0.29, 0.717) is 26.1 Å². The van der Waals surface area contributed by atoms with Crippen LogP contribution in [0, 0.1) is 5.41 Å². The van der Waals surface area contributed by atoms with Crippen LogP contribution < -0.4 is 5.73 Å². The summed E-state index contributed by atoms with van der Waals surface area (Å²) in [4.78, 5) is 19.5.